The Hall–Kier alpha value is -5.02. The van der Waals surface area contributed by atoms with Gasteiger partial charge in [0.2, 0.25) is 0 Å². The van der Waals surface area contributed by atoms with Gasteiger partial charge in [-0.15, -0.1) is 22.7 Å². The Morgan fingerprint density at radius 2 is 1.23 bits per heavy atom. The molecule has 2 aromatic heterocycles. The average Bonchev–Trinajstić information content (AvgIpc) is 3.63. The Labute approximate surface area is 264 Å². The largest absolute Gasteiger partial charge is 0.142 e. The van der Waals surface area contributed by atoms with Crippen LogP contribution in [0, 0.1) is 0 Å². The molecule has 0 radical (unpaired) electrons. The van der Waals surface area contributed by atoms with Crippen molar-refractivity contribution in [1.82, 2.24) is 0 Å². The van der Waals surface area contributed by atoms with Crippen LogP contribution < -0.4 is 9.75 Å². The van der Waals surface area contributed by atoms with E-state index in [9.17, 15) is 0 Å². The average molecular weight is 597 g/mol. The molecule has 0 aliphatic carbocycles. The van der Waals surface area contributed by atoms with Crippen molar-refractivity contribution < 1.29 is 0 Å². The second-order valence-electron chi connectivity index (χ2n) is 11.1. The number of allylic oxidation sites excluding steroid dienone is 3. The SMILES string of the molecule is C=C/C=C\c1csc2c3ccccc3c3/c(=C/C(=C)c4c5ccccc5c(-c5ccccc5)c5ccccc45)c(=C)sc3c12. The zero-order chi connectivity index (χ0) is 29.8. The smallest absolute Gasteiger partial charge is 0.0454 e. The first-order valence-corrected chi connectivity index (χ1v) is 16.4. The van der Waals surface area contributed by atoms with Crippen molar-refractivity contribution in [3.05, 3.63) is 155 Å². The van der Waals surface area contributed by atoms with Gasteiger partial charge in [-0.1, -0.05) is 141 Å². The summed E-state index contributed by atoms with van der Waals surface area (Å²) in [5.41, 5.74) is 5.87. The van der Waals surface area contributed by atoms with Gasteiger partial charge in [0.1, 0.15) is 0 Å². The van der Waals surface area contributed by atoms with E-state index in [0.717, 1.165) is 15.3 Å². The first kappa shape index (κ1) is 26.6. The number of rotatable bonds is 5. The molecule has 2 heterocycles. The second kappa shape index (κ2) is 10.6. The van der Waals surface area contributed by atoms with Crippen LogP contribution in [0.5, 0.6) is 0 Å². The summed E-state index contributed by atoms with van der Waals surface area (Å²) < 4.78 is 3.65. The number of hydrogen-bond donors (Lipinski definition) is 0. The molecule has 0 saturated carbocycles. The van der Waals surface area contributed by atoms with Crippen molar-refractivity contribution in [1.29, 1.82) is 0 Å². The lowest BCUT2D eigenvalue weighted by atomic mass is 9.86. The molecule has 0 aliphatic heterocycles. The Bertz CT molecular complexity index is 2530. The van der Waals surface area contributed by atoms with Crippen molar-refractivity contribution in [2.75, 3.05) is 0 Å². The van der Waals surface area contributed by atoms with E-state index in [2.05, 4.69) is 134 Å². The maximum absolute atomic E-state index is 4.74. The molecule has 8 aromatic rings. The molecule has 0 saturated heterocycles. The molecule has 0 N–H and O–H groups in total. The number of hydrogen-bond acceptors (Lipinski definition) is 2. The van der Waals surface area contributed by atoms with Gasteiger partial charge >= 0.3 is 0 Å². The molecule has 0 nitrogen and oxygen atoms in total. The maximum atomic E-state index is 4.74. The minimum Gasteiger partial charge on any atom is -0.142 e. The van der Waals surface area contributed by atoms with Gasteiger partial charge < -0.3 is 0 Å². The van der Waals surface area contributed by atoms with Gasteiger partial charge in [-0.3, -0.25) is 0 Å². The highest BCUT2D eigenvalue weighted by atomic mass is 32.1. The predicted molar refractivity (Wildman–Crippen MR) is 199 cm³/mol. The molecule has 0 spiro atoms. The van der Waals surface area contributed by atoms with Gasteiger partial charge in [0.15, 0.2) is 0 Å². The Balaban J connectivity index is 1.47. The summed E-state index contributed by atoms with van der Waals surface area (Å²) in [7, 11) is 0. The molecule has 44 heavy (non-hydrogen) atoms. The minimum absolute atomic E-state index is 0.989. The van der Waals surface area contributed by atoms with Crippen LogP contribution in [0.2, 0.25) is 0 Å². The topological polar surface area (TPSA) is 0 Å². The van der Waals surface area contributed by atoms with Crippen LogP contribution in [-0.4, -0.2) is 0 Å². The van der Waals surface area contributed by atoms with E-state index in [0.29, 0.717) is 0 Å². The molecule has 208 valence electrons. The van der Waals surface area contributed by atoms with Crippen LogP contribution in [0.3, 0.4) is 0 Å². The molecular weight excluding hydrogens is 569 g/mol. The molecule has 0 amide bonds. The van der Waals surface area contributed by atoms with Gasteiger partial charge in [0.25, 0.3) is 0 Å². The van der Waals surface area contributed by atoms with Crippen LogP contribution in [-0.2, 0) is 0 Å². The summed E-state index contributed by atoms with van der Waals surface area (Å²) in [6, 6.07) is 37.0. The number of fused-ring (bicyclic) bond motifs is 8. The fourth-order valence-electron chi connectivity index (χ4n) is 6.72. The Kier molecular flexibility index (Phi) is 6.41. The minimum atomic E-state index is 0.989. The molecule has 0 bridgehead atoms. The van der Waals surface area contributed by atoms with Crippen molar-refractivity contribution in [3.8, 4) is 11.1 Å². The molecule has 2 heteroatoms. The molecule has 6 aromatic carbocycles. The van der Waals surface area contributed by atoms with Crippen LogP contribution >= 0.6 is 22.7 Å². The highest BCUT2D eigenvalue weighted by Gasteiger charge is 2.18. The van der Waals surface area contributed by atoms with Gasteiger partial charge in [-0.05, 0) is 66.2 Å². The Morgan fingerprint density at radius 1 is 0.636 bits per heavy atom. The van der Waals surface area contributed by atoms with Gasteiger partial charge in [-0.2, -0.15) is 0 Å². The summed E-state index contributed by atoms with van der Waals surface area (Å²) in [5, 5.41) is 13.4. The lowest BCUT2D eigenvalue weighted by molar-refractivity contribution is 1.66. The van der Waals surface area contributed by atoms with E-state index >= 15 is 0 Å². The third-order valence-corrected chi connectivity index (χ3v) is 10.7. The monoisotopic (exact) mass is 596 g/mol. The van der Waals surface area contributed by atoms with E-state index in [4.69, 9.17) is 6.58 Å². The summed E-state index contributed by atoms with van der Waals surface area (Å²) in [5.74, 6) is 0. The predicted octanol–water partition coefficient (Wildman–Crippen LogP) is 11.3. The van der Waals surface area contributed by atoms with E-state index < -0.39 is 0 Å². The molecule has 8 rings (SSSR count). The lowest BCUT2D eigenvalue weighted by Crippen LogP contribution is -2.17. The van der Waals surface area contributed by atoms with Gasteiger partial charge in [-0.25, -0.2) is 0 Å². The van der Waals surface area contributed by atoms with Crippen molar-refractivity contribution >= 4 is 99.5 Å². The maximum Gasteiger partial charge on any atom is 0.0454 e. The Morgan fingerprint density at radius 3 is 1.89 bits per heavy atom. The van der Waals surface area contributed by atoms with Crippen molar-refractivity contribution in [3.63, 3.8) is 0 Å². The van der Waals surface area contributed by atoms with E-state index in [1.807, 2.05) is 23.5 Å². The fraction of sp³-hybridized carbons (Fsp3) is 0. The van der Waals surface area contributed by atoms with Crippen LogP contribution in [0.4, 0.5) is 0 Å². The summed E-state index contributed by atoms with van der Waals surface area (Å²) in [6.45, 7) is 13.2. The van der Waals surface area contributed by atoms with Gasteiger partial charge in [0.05, 0.1) is 0 Å². The zero-order valence-corrected chi connectivity index (χ0v) is 25.8. The number of benzene rings is 6. The normalized spacial score (nSPS) is 12.4. The summed E-state index contributed by atoms with van der Waals surface area (Å²) >= 11 is 3.59. The first-order valence-electron chi connectivity index (χ1n) is 14.7. The summed E-state index contributed by atoms with van der Waals surface area (Å²) in [6.07, 6.45) is 8.30. The van der Waals surface area contributed by atoms with E-state index in [1.54, 1.807) is 11.3 Å². The molecular formula is C42H28S2. The lowest BCUT2D eigenvalue weighted by Gasteiger charge is -2.17. The molecule has 0 unspecified atom stereocenters. The number of thiophene rings is 2. The second-order valence-corrected chi connectivity index (χ2v) is 13.0. The van der Waals surface area contributed by atoms with Crippen LogP contribution in [0.1, 0.15) is 11.1 Å². The molecule has 0 aliphatic rings. The molecule has 0 fully saturated rings. The third kappa shape index (κ3) is 4.03. The van der Waals surface area contributed by atoms with Crippen LogP contribution in [0.25, 0.3) is 87.9 Å². The third-order valence-electron chi connectivity index (χ3n) is 8.56. The highest BCUT2D eigenvalue weighted by molar-refractivity contribution is 7.22. The first-order chi connectivity index (χ1) is 21.7. The highest BCUT2D eigenvalue weighted by Crippen LogP contribution is 2.43. The van der Waals surface area contributed by atoms with Crippen LogP contribution in [0.15, 0.2) is 134 Å². The quantitative estimate of drug-likeness (QED) is 0.137. The molecule has 0 atom stereocenters. The van der Waals surface area contributed by atoms with Crippen molar-refractivity contribution in [2.45, 2.75) is 0 Å². The fourth-order valence-corrected chi connectivity index (χ4v) is 9.03. The van der Waals surface area contributed by atoms with E-state index in [-0.39, 0.29) is 0 Å². The standard InChI is InChI=1S/C42H28S2/c1-4-5-15-29-25-43-41-35-23-14-13-22-34(35)40-36(27(3)44-42(40)39(29)41)24-26(2)37-30-18-9-11-20-32(30)38(28-16-7-6-8-17-28)33-21-12-10-19-31(33)37/h4-25H,1-3H2/b15-5-,36-24+. The van der Waals surface area contributed by atoms with E-state index in [1.165, 1.54) is 74.7 Å². The van der Waals surface area contributed by atoms with Crippen molar-refractivity contribution in [2.24, 2.45) is 0 Å². The van der Waals surface area contributed by atoms with Gasteiger partial charge in [0, 0.05) is 35.3 Å². The zero-order valence-electron chi connectivity index (χ0n) is 24.1. The summed E-state index contributed by atoms with van der Waals surface area (Å²) in [4.78, 5) is 0.